The molecular weight excluding hydrogens is 446 g/mol. The van der Waals surface area contributed by atoms with Gasteiger partial charge in [0.1, 0.15) is 6.07 Å². The van der Waals surface area contributed by atoms with Gasteiger partial charge >= 0.3 is 6.18 Å². The number of carbonyl (C=O) groups is 1. The van der Waals surface area contributed by atoms with Gasteiger partial charge in [-0.3, -0.25) is 4.79 Å². The summed E-state index contributed by atoms with van der Waals surface area (Å²) in [5.74, 6) is -0.581. The second kappa shape index (κ2) is 8.05. The maximum Gasteiger partial charge on any atom is 0.435 e. The van der Waals surface area contributed by atoms with Crippen molar-refractivity contribution in [1.82, 2.24) is 5.48 Å². The highest BCUT2D eigenvalue weighted by molar-refractivity contribution is 6.34. The molecule has 2 aromatic carbocycles. The van der Waals surface area contributed by atoms with Gasteiger partial charge in [-0.15, -0.1) is 0 Å². The minimum absolute atomic E-state index is 0.0162. The lowest BCUT2D eigenvalue weighted by Crippen LogP contribution is -2.42. The highest BCUT2D eigenvalue weighted by Gasteiger charge is 2.62. The van der Waals surface area contributed by atoms with Crippen molar-refractivity contribution in [1.29, 1.82) is 5.26 Å². The third-order valence-electron chi connectivity index (χ3n) is 4.25. The van der Waals surface area contributed by atoms with E-state index in [2.05, 4.69) is 10.6 Å². The first-order chi connectivity index (χ1) is 14.1. The molecular formula is C19H12Cl2F3N3O3. The monoisotopic (exact) mass is 457 g/mol. The lowest BCUT2D eigenvalue weighted by Gasteiger charge is -2.29. The van der Waals surface area contributed by atoms with E-state index in [1.807, 2.05) is 6.07 Å². The molecule has 6 nitrogen and oxygen atoms in total. The Morgan fingerprint density at radius 2 is 1.93 bits per heavy atom. The zero-order valence-electron chi connectivity index (χ0n) is 15.2. The third kappa shape index (κ3) is 4.15. The van der Waals surface area contributed by atoms with Crippen LogP contribution >= 0.6 is 23.2 Å². The normalized spacial score (nSPS) is 18.2. The van der Waals surface area contributed by atoms with Crippen molar-refractivity contribution in [3.05, 3.63) is 63.1 Å². The summed E-state index contributed by atoms with van der Waals surface area (Å²) in [6.45, 7) is 1.19. The van der Waals surface area contributed by atoms with Crippen molar-refractivity contribution in [2.45, 2.75) is 25.1 Å². The summed E-state index contributed by atoms with van der Waals surface area (Å²) >= 11 is 11.8. The van der Waals surface area contributed by atoms with Crippen LogP contribution in [-0.4, -0.2) is 17.8 Å². The van der Waals surface area contributed by atoms with E-state index >= 15 is 0 Å². The Labute approximate surface area is 178 Å². The number of hydroxylamine groups is 1. The highest BCUT2D eigenvalue weighted by Crippen LogP contribution is 2.49. The zero-order chi connectivity index (χ0) is 22.1. The van der Waals surface area contributed by atoms with Crippen LogP contribution in [0, 0.1) is 11.3 Å². The third-order valence-corrected chi connectivity index (χ3v) is 4.69. The van der Waals surface area contributed by atoms with Crippen LogP contribution < -0.4 is 10.3 Å². The summed E-state index contributed by atoms with van der Waals surface area (Å²) < 4.78 is 42.2. The van der Waals surface area contributed by atoms with E-state index in [9.17, 15) is 18.0 Å². The number of hydrogen-bond acceptors (Lipinski definition) is 5. The second-order valence-electron chi connectivity index (χ2n) is 6.37. The SMILES string of the molecule is CC(=O)NOc1cc(C2=NOC(c3cc(Cl)cc(Cl)c3)(C(F)(F)F)C2)ccc1C#N. The Morgan fingerprint density at radius 3 is 2.50 bits per heavy atom. The predicted octanol–water partition coefficient (Wildman–Crippen LogP) is 4.88. The molecule has 0 fully saturated rings. The fourth-order valence-corrected chi connectivity index (χ4v) is 3.38. The van der Waals surface area contributed by atoms with Gasteiger partial charge < -0.3 is 9.68 Å². The van der Waals surface area contributed by atoms with E-state index in [-0.39, 0.29) is 38.2 Å². The number of hydrogen-bond donors (Lipinski definition) is 1. The second-order valence-corrected chi connectivity index (χ2v) is 7.24. The van der Waals surface area contributed by atoms with Gasteiger partial charge in [0.25, 0.3) is 5.60 Å². The molecule has 1 N–H and O–H groups in total. The fourth-order valence-electron chi connectivity index (χ4n) is 2.85. The van der Waals surface area contributed by atoms with Gasteiger partial charge in [-0.05, 0) is 30.3 Å². The van der Waals surface area contributed by atoms with E-state index in [1.165, 1.54) is 31.2 Å². The first-order valence-corrected chi connectivity index (χ1v) is 9.07. The van der Waals surface area contributed by atoms with Crippen LogP contribution in [-0.2, 0) is 15.2 Å². The first-order valence-electron chi connectivity index (χ1n) is 8.32. The van der Waals surface area contributed by atoms with Crippen molar-refractivity contribution in [3.63, 3.8) is 0 Å². The molecule has 0 aliphatic carbocycles. The summed E-state index contributed by atoms with van der Waals surface area (Å²) in [5, 5.41) is 12.8. The average Bonchev–Trinajstić information content (AvgIpc) is 3.12. The number of nitrogens with zero attached hydrogens (tertiary/aromatic N) is 2. The number of alkyl halides is 3. The maximum atomic E-state index is 14.1. The lowest BCUT2D eigenvalue weighted by atomic mass is 9.86. The van der Waals surface area contributed by atoms with Crippen LogP contribution in [0.1, 0.15) is 30.0 Å². The standard InChI is InChI=1S/C19H12Cl2F3N3O3/c1-10(28)26-29-17-4-11(2-3-12(17)9-25)16-8-18(30-27-16,19(22,23)24)13-5-14(20)7-15(21)6-13/h2-7H,8H2,1H3,(H,26,28). The van der Waals surface area contributed by atoms with Crippen LogP contribution in [0.4, 0.5) is 13.2 Å². The maximum absolute atomic E-state index is 14.1. The molecule has 1 atom stereocenters. The molecule has 156 valence electrons. The van der Waals surface area contributed by atoms with Crippen LogP contribution in [0.2, 0.25) is 10.0 Å². The molecule has 3 rings (SSSR count). The quantitative estimate of drug-likeness (QED) is 0.663. The Kier molecular flexibility index (Phi) is 5.83. The Bertz CT molecular complexity index is 1060. The fraction of sp³-hybridized carbons (Fsp3) is 0.211. The van der Waals surface area contributed by atoms with Gasteiger partial charge in [-0.2, -0.15) is 23.9 Å². The Hall–Kier alpha value is -2.96. The summed E-state index contributed by atoms with van der Waals surface area (Å²) in [6, 6.07) is 9.41. The molecule has 0 radical (unpaired) electrons. The van der Waals surface area contributed by atoms with Crippen LogP contribution in [0.5, 0.6) is 5.75 Å². The number of oxime groups is 1. The van der Waals surface area contributed by atoms with Gasteiger partial charge in [-0.25, -0.2) is 0 Å². The molecule has 0 saturated heterocycles. The molecule has 30 heavy (non-hydrogen) atoms. The first kappa shape index (κ1) is 21.7. The van der Waals surface area contributed by atoms with Crippen molar-refractivity contribution in [2.24, 2.45) is 5.16 Å². The van der Waals surface area contributed by atoms with Crippen LogP contribution in [0.25, 0.3) is 0 Å². The van der Waals surface area contributed by atoms with Crippen LogP contribution in [0.15, 0.2) is 41.6 Å². The number of carbonyl (C=O) groups excluding carboxylic acids is 1. The topological polar surface area (TPSA) is 83.7 Å². The Balaban J connectivity index is 1.99. The molecule has 1 unspecified atom stereocenters. The van der Waals surface area contributed by atoms with Crippen molar-refractivity contribution < 1.29 is 27.6 Å². The number of amides is 1. The minimum Gasteiger partial charge on any atom is -0.378 e. The number of nitriles is 1. The van der Waals surface area contributed by atoms with Crippen molar-refractivity contribution >= 4 is 34.8 Å². The Morgan fingerprint density at radius 1 is 1.27 bits per heavy atom. The number of nitrogens with one attached hydrogen (secondary N) is 1. The molecule has 0 bridgehead atoms. The van der Waals surface area contributed by atoms with Gasteiger partial charge in [0.15, 0.2) is 5.75 Å². The molecule has 2 aromatic rings. The van der Waals surface area contributed by atoms with Gasteiger partial charge in [0, 0.05) is 34.5 Å². The van der Waals surface area contributed by atoms with Gasteiger partial charge in [-0.1, -0.05) is 34.4 Å². The lowest BCUT2D eigenvalue weighted by molar-refractivity contribution is -0.275. The molecule has 0 spiro atoms. The summed E-state index contributed by atoms with van der Waals surface area (Å²) in [6.07, 6.45) is -5.51. The average molecular weight is 458 g/mol. The molecule has 1 aliphatic rings. The molecule has 1 heterocycles. The summed E-state index contributed by atoms with van der Waals surface area (Å²) in [4.78, 5) is 21.0. The summed E-state index contributed by atoms with van der Waals surface area (Å²) in [7, 11) is 0. The van der Waals surface area contributed by atoms with E-state index in [0.717, 1.165) is 12.1 Å². The molecule has 11 heteroatoms. The predicted molar refractivity (Wildman–Crippen MR) is 102 cm³/mol. The van der Waals surface area contributed by atoms with E-state index in [1.54, 1.807) is 0 Å². The van der Waals surface area contributed by atoms with Crippen molar-refractivity contribution in [2.75, 3.05) is 0 Å². The minimum atomic E-state index is -4.84. The number of halogens is 5. The van der Waals surface area contributed by atoms with Gasteiger partial charge in [0.2, 0.25) is 5.91 Å². The zero-order valence-corrected chi connectivity index (χ0v) is 16.7. The summed E-state index contributed by atoms with van der Waals surface area (Å²) in [5.41, 5.74) is -0.782. The molecule has 0 saturated carbocycles. The smallest absolute Gasteiger partial charge is 0.378 e. The van der Waals surface area contributed by atoms with E-state index in [0.29, 0.717) is 0 Å². The van der Waals surface area contributed by atoms with E-state index in [4.69, 9.17) is 38.1 Å². The molecule has 1 aliphatic heterocycles. The van der Waals surface area contributed by atoms with Crippen molar-refractivity contribution in [3.8, 4) is 11.8 Å². The van der Waals surface area contributed by atoms with E-state index < -0.39 is 24.1 Å². The number of benzene rings is 2. The highest BCUT2D eigenvalue weighted by atomic mass is 35.5. The van der Waals surface area contributed by atoms with Gasteiger partial charge in [0.05, 0.1) is 11.3 Å². The number of rotatable bonds is 4. The molecule has 0 aromatic heterocycles. The largest absolute Gasteiger partial charge is 0.435 e. The molecule has 1 amide bonds. The van der Waals surface area contributed by atoms with Crippen LogP contribution in [0.3, 0.4) is 0 Å².